The second-order valence-corrected chi connectivity index (χ2v) is 5.09. The second-order valence-electron chi connectivity index (χ2n) is 4.65. The van der Waals surface area contributed by atoms with Gasteiger partial charge in [-0.2, -0.15) is 0 Å². The first-order valence-electron chi connectivity index (χ1n) is 6.65. The third-order valence-electron chi connectivity index (χ3n) is 3.20. The van der Waals surface area contributed by atoms with E-state index in [2.05, 4.69) is 10.6 Å². The van der Waals surface area contributed by atoms with Gasteiger partial charge in [0.15, 0.2) is 0 Å². The minimum Gasteiger partial charge on any atom is -0.496 e. The molecule has 1 atom stereocenters. The topological polar surface area (TPSA) is 59.6 Å². The van der Waals surface area contributed by atoms with Crippen molar-refractivity contribution in [1.29, 1.82) is 0 Å². The van der Waals surface area contributed by atoms with Crippen LogP contribution in [0.2, 0.25) is 5.02 Å². The highest BCUT2D eigenvalue weighted by atomic mass is 35.5. The van der Waals surface area contributed by atoms with Crippen molar-refractivity contribution >= 4 is 17.6 Å². The molecular formula is C14H19ClN2O3. The van der Waals surface area contributed by atoms with E-state index in [-0.39, 0.29) is 12.1 Å². The average Bonchev–Trinajstić information content (AvgIpc) is 2.97. The quantitative estimate of drug-likeness (QED) is 0.877. The van der Waals surface area contributed by atoms with Gasteiger partial charge in [0.05, 0.1) is 13.2 Å². The molecular weight excluding hydrogens is 280 g/mol. The van der Waals surface area contributed by atoms with Gasteiger partial charge in [0.25, 0.3) is 0 Å². The van der Waals surface area contributed by atoms with E-state index in [1.807, 2.05) is 6.07 Å². The molecule has 5 nitrogen and oxygen atoms in total. The second kappa shape index (κ2) is 7.36. The molecule has 0 radical (unpaired) electrons. The minimum atomic E-state index is -0.211. The third-order valence-corrected chi connectivity index (χ3v) is 3.44. The highest BCUT2D eigenvalue weighted by Crippen LogP contribution is 2.22. The van der Waals surface area contributed by atoms with Crippen molar-refractivity contribution in [3.63, 3.8) is 0 Å². The molecule has 1 aromatic rings. The normalized spacial score (nSPS) is 17.8. The monoisotopic (exact) mass is 298 g/mol. The number of benzene rings is 1. The molecule has 0 bridgehead atoms. The zero-order valence-electron chi connectivity index (χ0n) is 11.4. The Labute approximate surface area is 123 Å². The fourth-order valence-electron chi connectivity index (χ4n) is 2.11. The number of ether oxygens (including phenoxy) is 2. The molecule has 0 spiro atoms. The van der Waals surface area contributed by atoms with Gasteiger partial charge in [-0.15, -0.1) is 0 Å². The van der Waals surface area contributed by atoms with E-state index in [0.717, 1.165) is 25.0 Å². The minimum absolute atomic E-state index is 0.144. The van der Waals surface area contributed by atoms with Gasteiger partial charge in [0, 0.05) is 30.3 Å². The van der Waals surface area contributed by atoms with E-state index in [4.69, 9.17) is 21.1 Å². The Morgan fingerprint density at radius 2 is 2.35 bits per heavy atom. The lowest BCUT2D eigenvalue weighted by Crippen LogP contribution is -2.39. The van der Waals surface area contributed by atoms with Crippen LogP contribution in [0.15, 0.2) is 18.2 Å². The molecule has 1 aliphatic heterocycles. The van der Waals surface area contributed by atoms with Crippen LogP contribution in [0.3, 0.4) is 0 Å². The Morgan fingerprint density at radius 3 is 3.05 bits per heavy atom. The number of carbonyl (C=O) groups is 1. The molecule has 1 heterocycles. The first-order chi connectivity index (χ1) is 9.69. The molecule has 6 heteroatoms. The molecule has 1 saturated heterocycles. The maximum Gasteiger partial charge on any atom is 0.315 e. The third kappa shape index (κ3) is 4.28. The van der Waals surface area contributed by atoms with E-state index >= 15 is 0 Å². The summed E-state index contributed by atoms with van der Waals surface area (Å²) in [6, 6.07) is 5.12. The van der Waals surface area contributed by atoms with E-state index in [1.165, 1.54) is 0 Å². The SMILES string of the molecule is COc1cc(Cl)ccc1CNC(=O)NC[C@H]1CCCO1. The Bertz CT molecular complexity index is 462. The average molecular weight is 299 g/mol. The van der Waals surface area contributed by atoms with E-state index < -0.39 is 0 Å². The van der Waals surface area contributed by atoms with E-state index in [1.54, 1.807) is 19.2 Å². The summed E-state index contributed by atoms with van der Waals surface area (Å²) in [7, 11) is 1.58. The number of methoxy groups -OCH3 is 1. The van der Waals surface area contributed by atoms with Gasteiger partial charge in [0.2, 0.25) is 0 Å². The van der Waals surface area contributed by atoms with E-state index in [9.17, 15) is 4.79 Å². The van der Waals surface area contributed by atoms with Crippen molar-refractivity contribution in [1.82, 2.24) is 10.6 Å². The summed E-state index contributed by atoms with van der Waals surface area (Å²) in [6.07, 6.45) is 2.21. The van der Waals surface area contributed by atoms with Crippen LogP contribution < -0.4 is 15.4 Å². The predicted molar refractivity (Wildman–Crippen MR) is 77.2 cm³/mol. The summed E-state index contributed by atoms with van der Waals surface area (Å²) in [4.78, 5) is 11.7. The number of nitrogens with one attached hydrogen (secondary N) is 2. The first kappa shape index (κ1) is 14.9. The lowest BCUT2D eigenvalue weighted by Gasteiger charge is -2.13. The van der Waals surface area contributed by atoms with Crippen LogP contribution in [-0.4, -0.2) is 32.4 Å². The summed E-state index contributed by atoms with van der Waals surface area (Å²) in [5.74, 6) is 0.664. The van der Waals surface area contributed by atoms with Crippen molar-refractivity contribution in [3.05, 3.63) is 28.8 Å². The number of carbonyl (C=O) groups excluding carboxylic acids is 1. The maximum absolute atomic E-state index is 11.7. The molecule has 110 valence electrons. The summed E-state index contributed by atoms with van der Waals surface area (Å²) >= 11 is 5.89. The first-order valence-corrected chi connectivity index (χ1v) is 7.02. The Balaban J connectivity index is 1.77. The highest BCUT2D eigenvalue weighted by Gasteiger charge is 2.16. The lowest BCUT2D eigenvalue weighted by atomic mass is 10.2. The molecule has 2 amide bonds. The van der Waals surface area contributed by atoms with Crippen LogP contribution in [-0.2, 0) is 11.3 Å². The molecule has 20 heavy (non-hydrogen) atoms. The predicted octanol–water partition coefficient (Wildman–Crippen LogP) is 2.33. The van der Waals surface area contributed by atoms with Gasteiger partial charge in [-0.05, 0) is 25.0 Å². The van der Waals surface area contributed by atoms with Gasteiger partial charge in [-0.3, -0.25) is 0 Å². The van der Waals surface area contributed by atoms with Crippen LogP contribution in [0.4, 0.5) is 4.79 Å². The zero-order valence-corrected chi connectivity index (χ0v) is 12.2. The Morgan fingerprint density at radius 1 is 1.50 bits per heavy atom. The summed E-state index contributed by atoms with van der Waals surface area (Å²) < 4.78 is 10.7. The smallest absolute Gasteiger partial charge is 0.315 e. The summed E-state index contributed by atoms with van der Waals surface area (Å²) in [6.45, 7) is 1.72. The summed E-state index contributed by atoms with van der Waals surface area (Å²) in [5, 5.41) is 6.20. The molecule has 0 unspecified atom stereocenters. The maximum atomic E-state index is 11.7. The van der Waals surface area contributed by atoms with Crippen molar-refractivity contribution < 1.29 is 14.3 Å². The van der Waals surface area contributed by atoms with Crippen molar-refractivity contribution in [2.45, 2.75) is 25.5 Å². The molecule has 1 fully saturated rings. The Hall–Kier alpha value is -1.46. The number of hydrogen-bond acceptors (Lipinski definition) is 3. The summed E-state index contributed by atoms with van der Waals surface area (Å²) in [5.41, 5.74) is 0.879. The fraction of sp³-hybridized carbons (Fsp3) is 0.500. The number of hydrogen-bond donors (Lipinski definition) is 2. The van der Waals surface area contributed by atoms with Crippen molar-refractivity contribution in [2.24, 2.45) is 0 Å². The molecule has 2 rings (SSSR count). The molecule has 2 N–H and O–H groups in total. The number of amides is 2. The van der Waals surface area contributed by atoms with Crippen LogP contribution in [0, 0.1) is 0 Å². The molecule has 0 aliphatic carbocycles. The largest absolute Gasteiger partial charge is 0.496 e. The standard InChI is InChI=1S/C14H19ClN2O3/c1-19-13-7-11(15)5-4-10(13)8-16-14(18)17-9-12-3-2-6-20-12/h4-5,7,12H,2-3,6,8-9H2,1H3,(H2,16,17,18)/t12-/m1/s1. The fourth-order valence-corrected chi connectivity index (χ4v) is 2.28. The molecule has 1 aliphatic rings. The van der Waals surface area contributed by atoms with Crippen LogP contribution in [0.25, 0.3) is 0 Å². The number of halogens is 1. The van der Waals surface area contributed by atoms with Gasteiger partial charge in [0.1, 0.15) is 5.75 Å². The van der Waals surface area contributed by atoms with Gasteiger partial charge >= 0.3 is 6.03 Å². The number of rotatable bonds is 5. The number of urea groups is 1. The Kier molecular flexibility index (Phi) is 5.49. The van der Waals surface area contributed by atoms with E-state index in [0.29, 0.717) is 23.9 Å². The van der Waals surface area contributed by atoms with Crippen LogP contribution in [0.1, 0.15) is 18.4 Å². The lowest BCUT2D eigenvalue weighted by molar-refractivity contribution is 0.111. The van der Waals surface area contributed by atoms with Crippen LogP contribution >= 0.6 is 11.6 Å². The highest BCUT2D eigenvalue weighted by molar-refractivity contribution is 6.30. The van der Waals surface area contributed by atoms with Gasteiger partial charge < -0.3 is 20.1 Å². The zero-order chi connectivity index (χ0) is 14.4. The molecule has 0 saturated carbocycles. The van der Waals surface area contributed by atoms with Crippen molar-refractivity contribution in [3.8, 4) is 5.75 Å². The van der Waals surface area contributed by atoms with Gasteiger partial charge in [-0.1, -0.05) is 17.7 Å². The van der Waals surface area contributed by atoms with Crippen molar-refractivity contribution in [2.75, 3.05) is 20.3 Å². The van der Waals surface area contributed by atoms with Crippen LogP contribution in [0.5, 0.6) is 5.75 Å². The molecule has 0 aromatic heterocycles. The molecule has 1 aromatic carbocycles. The van der Waals surface area contributed by atoms with Gasteiger partial charge in [-0.25, -0.2) is 4.79 Å².